The van der Waals surface area contributed by atoms with Crippen LogP contribution in [0.15, 0.2) is 0 Å². The molecule has 1 aliphatic rings. The molecule has 2 unspecified atom stereocenters. The fraction of sp³-hybridized carbons (Fsp3) is 0.818. The monoisotopic (exact) mass is 230 g/mol. The maximum atomic E-state index is 11.0. The molecule has 0 saturated carbocycles. The van der Waals surface area contributed by atoms with Crippen LogP contribution in [0.4, 0.5) is 0 Å². The van der Waals surface area contributed by atoms with E-state index in [9.17, 15) is 9.59 Å². The van der Waals surface area contributed by atoms with Crippen LogP contribution in [-0.2, 0) is 23.8 Å². The molecule has 2 atom stereocenters. The fourth-order valence-electron chi connectivity index (χ4n) is 1.79. The van der Waals surface area contributed by atoms with Crippen molar-refractivity contribution in [2.75, 3.05) is 19.8 Å². The zero-order chi connectivity index (χ0) is 12.2. The molecule has 1 heterocycles. The Kier molecular flexibility index (Phi) is 4.29. The second kappa shape index (κ2) is 5.30. The predicted molar refractivity (Wildman–Crippen MR) is 55.7 cm³/mol. The van der Waals surface area contributed by atoms with Crippen LogP contribution in [0.1, 0.15) is 27.2 Å². The van der Waals surface area contributed by atoms with E-state index in [4.69, 9.17) is 14.2 Å². The van der Waals surface area contributed by atoms with Crippen LogP contribution in [0.25, 0.3) is 0 Å². The topological polar surface area (TPSA) is 61.8 Å². The van der Waals surface area contributed by atoms with Gasteiger partial charge in [0, 0.05) is 20.3 Å². The maximum Gasteiger partial charge on any atom is 0.303 e. The Morgan fingerprint density at radius 1 is 1.38 bits per heavy atom. The van der Waals surface area contributed by atoms with Gasteiger partial charge < -0.3 is 14.2 Å². The summed E-state index contributed by atoms with van der Waals surface area (Å²) in [5, 5.41) is 0. The third-order valence-corrected chi connectivity index (χ3v) is 2.79. The fourth-order valence-corrected chi connectivity index (χ4v) is 1.79. The largest absolute Gasteiger partial charge is 0.465 e. The molecule has 0 aromatic rings. The third-order valence-electron chi connectivity index (χ3n) is 2.79. The standard InChI is InChI=1S/C11H18O5/c1-8(12)15-7-10-6-14-5-4-11(10,3)16-9(2)13/h10H,4-7H2,1-3H3. The van der Waals surface area contributed by atoms with Gasteiger partial charge in [0.15, 0.2) is 0 Å². The van der Waals surface area contributed by atoms with Gasteiger partial charge in [0.25, 0.3) is 0 Å². The van der Waals surface area contributed by atoms with Crippen LogP contribution in [-0.4, -0.2) is 37.4 Å². The molecule has 0 aliphatic carbocycles. The molecule has 0 spiro atoms. The van der Waals surface area contributed by atoms with Crippen LogP contribution in [0, 0.1) is 5.92 Å². The molecule has 5 nitrogen and oxygen atoms in total. The quantitative estimate of drug-likeness (QED) is 0.674. The predicted octanol–water partition coefficient (Wildman–Crippen LogP) is 0.908. The van der Waals surface area contributed by atoms with E-state index in [1.54, 1.807) is 0 Å². The molecule has 0 aromatic heterocycles. The Hall–Kier alpha value is -1.10. The van der Waals surface area contributed by atoms with Crippen LogP contribution >= 0.6 is 0 Å². The van der Waals surface area contributed by atoms with Gasteiger partial charge in [-0.25, -0.2) is 0 Å². The van der Waals surface area contributed by atoms with Gasteiger partial charge in [0.05, 0.1) is 19.1 Å². The van der Waals surface area contributed by atoms with Crippen molar-refractivity contribution in [3.63, 3.8) is 0 Å². The lowest BCUT2D eigenvalue weighted by Crippen LogP contribution is -2.48. The Morgan fingerprint density at radius 2 is 2.06 bits per heavy atom. The number of esters is 2. The average molecular weight is 230 g/mol. The van der Waals surface area contributed by atoms with Crippen LogP contribution in [0.3, 0.4) is 0 Å². The Balaban J connectivity index is 2.61. The lowest BCUT2D eigenvalue weighted by molar-refractivity contribution is -0.182. The SMILES string of the molecule is CC(=O)OCC1COCCC1(C)OC(C)=O. The first kappa shape index (κ1) is 13.0. The minimum absolute atomic E-state index is 0.103. The van der Waals surface area contributed by atoms with Crippen molar-refractivity contribution in [3.05, 3.63) is 0 Å². The molecular formula is C11H18O5. The number of carbonyl (C=O) groups excluding carboxylic acids is 2. The van der Waals surface area contributed by atoms with E-state index in [1.165, 1.54) is 13.8 Å². The van der Waals surface area contributed by atoms with Crippen LogP contribution in [0.2, 0.25) is 0 Å². The highest BCUT2D eigenvalue weighted by Crippen LogP contribution is 2.30. The van der Waals surface area contributed by atoms with Gasteiger partial charge in [-0.3, -0.25) is 9.59 Å². The van der Waals surface area contributed by atoms with E-state index < -0.39 is 5.60 Å². The number of carbonyl (C=O) groups is 2. The summed E-state index contributed by atoms with van der Waals surface area (Å²) in [4.78, 5) is 21.8. The van der Waals surface area contributed by atoms with E-state index in [-0.39, 0.29) is 24.5 Å². The van der Waals surface area contributed by atoms with E-state index in [1.807, 2.05) is 6.92 Å². The molecule has 92 valence electrons. The molecule has 1 aliphatic heterocycles. The van der Waals surface area contributed by atoms with E-state index in [0.717, 1.165) is 0 Å². The van der Waals surface area contributed by atoms with Crippen molar-refractivity contribution in [2.24, 2.45) is 5.92 Å². The second-order valence-electron chi connectivity index (χ2n) is 4.23. The summed E-state index contributed by atoms with van der Waals surface area (Å²) in [6, 6.07) is 0. The smallest absolute Gasteiger partial charge is 0.303 e. The summed E-state index contributed by atoms with van der Waals surface area (Å²) in [6.07, 6.45) is 0.624. The van der Waals surface area contributed by atoms with E-state index in [2.05, 4.69) is 0 Å². The highest BCUT2D eigenvalue weighted by atomic mass is 16.6. The zero-order valence-corrected chi connectivity index (χ0v) is 9.95. The molecule has 0 N–H and O–H groups in total. The van der Waals surface area contributed by atoms with Gasteiger partial charge in [-0.2, -0.15) is 0 Å². The molecule has 1 saturated heterocycles. The van der Waals surface area contributed by atoms with Crippen molar-refractivity contribution in [1.82, 2.24) is 0 Å². The van der Waals surface area contributed by atoms with Crippen molar-refractivity contribution in [3.8, 4) is 0 Å². The first-order valence-corrected chi connectivity index (χ1v) is 5.35. The summed E-state index contributed by atoms with van der Waals surface area (Å²) in [6.45, 7) is 5.80. The minimum Gasteiger partial charge on any atom is -0.465 e. The zero-order valence-electron chi connectivity index (χ0n) is 9.95. The molecule has 0 aromatic carbocycles. The van der Waals surface area contributed by atoms with Gasteiger partial charge >= 0.3 is 11.9 Å². The molecule has 1 rings (SSSR count). The van der Waals surface area contributed by atoms with Crippen molar-refractivity contribution in [2.45, 2.75) is 32.8 Å². The summed E-state index contributed by atoms with van der Waals surface area (Å²) < 4.78 is 15.6. The third kappa shape index (κ3) is 3.48. The van der Waals surface area contributed by atoms with Crippen LogP contribution < -0.4 is 0 Å². The highest BCUT2D eigenvalue weighted by molar-refractivity contribution is 5.67. The van der Waals surface area contributed by atoms with Gasteiger partial charge in [-0.05, 0) is 6.92 Å². The summed E-state index contributed by atoms with van der Waals surface area (Å²) >= 11 is 0. The molecule has 0 bridgehead atoms. The summed E-state index contributed by atoms with van der Waals surface area (Å²) in [7, 11) is 0. The van der Waals surface area contributed by atoms with Crippen molar-refractivity contribution >= 4 is 11.9 Å². The Morgan fingerprint density at radius 3 is 2.62 bits per heavy atom. The van der Waals surface area contributed by atoms with Gasteiger partial charge in [-0.15, -0.1) is 0 Å². The Labute approximate surface area is 95.0 Å². The lowest BCUT2D eigenvalue weighted by Gasteiger charge is -2.39. The number of hydrogen-bond donors (Lipinski definition) is 0. The molecule has 16 heavy (non-hydrogen) atoms. The second-order valence-corrected chi connectivity index (χ2v) is 4.23. The first-order valence-electron chi connectivity index (χ1n) is 5.35. The van der Waals surface area contributed by atoms with E-state index in [0.29, 0.717) is 19.6 Å². The minimum atomic E-state index is -0.598. The van der Waals surface area contributed by atoms with Gasteiger partial charge in [0.1, 0.15) is 12.2 Å². The normalized spacial score (nSPS) is 29.6. The van der Waals surface area contributed by atoms with Gasteiger partial charge in [-0.1, -0.05) is 0 Å². The molecular weight excluding hydrogens is 212 g/mol. The first-order chi connectivity index (χ1) is 7.44. The molecule has 5 heteroatoms. The highest BCUT2D eigenvalue weighted by Gasteiger charge is 2.40. The van der Waals surface area contributed by atoms with Gasteiger partial charge in [0.2, 0.25) is 0 Å². The van der Waals surface area contributed by atoms with Crippen LogP contribution in [0.5, 0.6) is 0 Å². The lowest BCUT2D eigenvalue weighted by atomic mass is 9.85. The number of ether oxygens (including phenoxy) is 3. The molecule has 0 amide bonds. The number of hydrogen-bond acceptors (Lipinski definition) is 5. The average Bonchev–Trinajstić information content (AvgIpc) is 2.14. The van der Waals surface area contributed by atoms with E-state index >= 15 is 0 Å². The van der Waals surface area contributed by atoms with Crippen molar-refractivity contribution in [1.29, 1.82) is 0 Å². The summed E-state index contributed by atoms with van der Waals surface area (Å²) in [5.74, 6) is -0.762. The molecule has 1 fully saturated rings. The number of rotatable bonds is 3. The summed E-state index contributed by atoms with van der Waals surface area (Å²) in [5.41, 5.74) is -0.598. The molecule has 0 radical (unpaired) electrons. The van der Waals surface area contributed by atoms with Crippen molar-refractivity contribution < 1.29 is 23.8 Å². The Bertz CT molecular complexity index is 276. The maximum absolute atomic E-state index is 11.0.